The summed E-state index contributed by atoms with van der Waals surface area (Å²) in [6, 6.07) is 9.08. The summed E-state index contributed by atoms with van der Waals surface area (Å²) in [5, 5.41) is 2.38. The number of H-pyrrole nitrogens is 1. The van der Waals surface area contributed by atoms with E-state index in [0.717, 1.165) is 16.5 Å². The van der Waals surface area contributed by atoms with Gasteiger partial charge in [0.25, 0.3) is 11.5 Å². The summed E-state index contributed by atoms with van der Waals surface area (Å²) in [7, 11) is 0. The zero-order valence-electron chi connectivity index (χ0n) is 17.9. The van der Waals surface area contributed by atoms with Crippen molar-refractivity contribution in [2.24, 2.45) is 0 Å². The molecular formula is C22H23N5O5S. The van der Waals surface area contributed by atoms with Crippen molar-refractivity contribution in [3.8, 4) is 0 Å². The number of nitrogens with two attached hydrogens (primary N) is 1. The Hall–Kier alpha value is -3.99. The Kier molecular flexibility index (Phi) is 7.92. The maximum absolute atomic E-state index is 12.8. The highest BCUT2D eigenvalue weighted by molar-refractivity contribution is 7.10. The van der Waals surface area contributed by atoms with Gasteiger partial charge in [0, 0.05) is 24.2 Å². The predicted octanol–water partition coefficient (Wildman–Crippen LogP) is 1.62. The number of hydrogen-bond acceptors (Lipinski definition) is 8. The Morgan fingerprint density at radius 3 is 2.70 bits per heavy atom. The molecule has 0 saturated heterocycles. The Balaban J connectivity index is 1.82. The number of thiazole rings is 1. The lowest BCUT2D eigenvalue weighted by Crippen LogP contribution is -2.43. The molecule has 1 amide bonds. The van der Waals surface area contributed by atoms with E-state index in [1.807, 2.05) is 37.3 Å². The van der Waals surface area contributed by atoms with E-state index in [0.29, 0.717) is 11.4 Å². The van der Waals surface area contributed by atoms with Crippen molar-refractivity contribution < 1.29 is 14.3 Å². The van der Waals surface area contributed by atoms with Crippen LogP contribution in [-0.4, -0.2) is 39.6 Å². The number of carbonyl (C=O) groups excluding carboxylic acids is 2. The lowest BCUT2D eigenvalue weighted by Gasteiger charge is -2.24. The molecule has 0 radical (unpaired) electrons. The molecular weight excluding hydrogens is 446 g/mol. The second-order valence-corrected chi connectivity index (χ2v) is 7.85. The van der Waals surface area contributed by atoms with E-state index in [2.05, 4.69) is 9.97 Å². The number of nitrogen functional groups attached to an aromatic ring is 1. The first-order chi connectivity index (χ1) is 15.9. The highest BCUT2D eigenvalue weighted by Gasteiger charge is 2.24. The van der Waals surface area contributed by atoms with E-state index < -0.39 is 29.7 Å². The summed E-state index contributed by atoms with van der Waals surface area (Å²) < 4.78 is 6.20. The van der Waals surface area contributed by atoms with E-state index >= 15 is 0 Å². The van der Waals surface area contributed by atoms with Crippen LogP contribution in [0.4, 0.5) is 11.5 Å². The number of benzene rings is 1. The number of aromatic amines is 1. The first-order valence-electron chi connectivity index (χ1n) is 10.1. The number of carbonyl (C=O) groups is 2. The minimum Gasteiger partial charge on any atom is -0.452 e. The number of ether oxygens (including phenoxy) is 1. The van der Waals surface area contributed by atoms with Crippen LogP contribution in [0.3, 0.4) is 0 Å². The molecule has 172 valence electrons. The highest BCUT2D eigenvalue weighted by Crippen LogP contribution is 2.18. The van der Waals surface area contributed by atoms with Crippen LogP contribution >= 0.6 is 11.3 Å². The molecule has 0 aliphatic carbocycles. The summed E-state index contributed by atoms with van der Waals surface area (Å²) in [6.45, 7) is 1.47. The summed E-state index contributed by atoms with van der Waals surface area (Å²) in [5.41, 5.74) is 5.33. The van der Waals surface area contributed by atoms with Gasteiger partial charge in [-0.1, -0.05) is 37.3 Å². The normalized spacial score (nSPS) is 10.9. The molecule has 0 unspecified atom stereocenters. The van der Waals surface area contributed by atoms with Crippen LogP contribution in [0.1, 0.15) is 23.9 Å². The number of rotatable bonds is 9. The fraction of sp³-hybridized carbons (Fsp3) is 0.227. The SMILES string of the molecule is CCCN(C(=O)COC(=O)/C=C/c1nccs1)c1c(N)n(Cc2ccccc2)c(=O)[nH]c1=O. The second kappa shape index (κ2) is 11.0. The van der Waals surface area contributed by atoms with Gasteiger partial charge in [-0.25, -0.2) is 14.6 Å². The van der Waals surface area contributed by atoms with Crippen LogP contribution in [0.2, 0.25) is 0 Å². The van der Waals surface area contributed by atoms with Gasteiger partial charge in [-0.05, 0) is 18.1 Å². The van der Waals surface area contributed by atoms with Crippen LogP contribution in [-0.2, 0) is 20.9 Å². The van der Waals surface area contributed by atoms with Crippen molar-refractivity contribution in [2.75, 3.05) is 23.8 Å². The molecule has 2 heterocycles. The fourth-order valence-corrected chi connectivity index (χ4v) is 3.59. The lowest BCUT2D eigenvalue weighted by atomic mass is 10.2. The Morgan fingerprint density at radius 1 is 1.27 bits per heavy atom. The molecule has 3 N–H and O–H groups in total. The van der Waals surface area contributed by atoms with Gasteiger partial charge < -0.3 is 15.4 Å². The maximum Gasteiger partial charge on any atom is 0.331 e. The topological polar surface area (TPSA) is 140 Å². The molecule has 33 heavy (non-hydrogen) atoms. The predicted molar refractivity (Wildman–Crippen MR) is 126 cm³/mol. The number of nitrogens with one attached hydrogen (secondary N) is 1. The van der Waals surface area contributed by atoms with Crippen molar-refractivity contribution in [2.45, 2.75) is 19.9 Å². The molecule has 0 fully saturated rings. The number of esters is 1. The van der Waals surface area contributed by atoms with Crippen molar-refractivity contribution >= 4 is 40.8 Å². The molecule has 10 nitrogen and oxygen atoms in total. The molecule has 0 spiro atoms. The zero-order chi connectivity index (χ0) is 23.8. The molecule has 3 aromatic rings. The van der Waals surface area contributed by atoms with Gasteiger partial charge in [0.2, 0.25) is 0 Å². The van der Waals surface area contributed by atoms with E-state index in [1.54, 1.807) is 11.6 Å². The van der Waals surface area contributed by atoms with Gasteiger partial charge >= 0.3 is 11.7 Å². The average molecular weight is 470 g/mol. The van der Waals surface area contributed by atoms with Crippen molar-refractivity contribution in [3.05, 3.63) is 79.4 Å². The first-order valence-corrected chi connectivity index (χ1v) is 11.0. The number of nitrogens with zero attached hydrogens (tertiary/aromatic N) is 3. The number of anilines is 2. The fourth-order valence-electron chi connectivity index (χ4n) is 3.06. The molecule has 0 aliphatic heterocycles. The third-order valence-corrected chi connectivity index (χ3v) is 5.31. The van der Waals surface area contributed by atoms with Crippen molar-refractivity contribution in [1.82, 2.24) is 14.5 Å². The summed E-state index contributed by atoms with van der Waals surface area (Å²) in [6.07, 6.45) is 4.74. The van der Waals surface area contributed by atoms with Crippen LogP contribution in [0.15, 0.2) is 57.6 Å². The first kappa shape index (κ1) is 23.7. The van der Waals surface area contributed by atoms with Crippen LogP contribution in [0, 0.1) is 0 Å². The van der Waals surface area contributed by atoms with E-state index in [1.165, 1.54) is 22.0 Å². The van der Waals surface area contributed by atoms with E-state index in [4.69, 9.17) is 10.5 Å². The van der Waals surface area contributed by atoms with Crippen LogP contribution < -0.4 is 21.9 Å². The summed E-state index contributed by atoms with van der Waals surface area (Å²) >= 11 is 1.34. The Bertz CT molecular complexity index is 1250. The molecule has 1 aromatic carbocycles. The standard InChI is InChI=1S/C22H23N5O5S/c1-2-11-26(17(28)14-32-18(29)9-8-16-24-10-12-33-16)19-20(23)27(22(31)25-21(19)30)13-15-6-4-3-5-7-15/h3-10,12H,2,11,13-14,23H2,1H3,(H,25,30,31)/b9-8+. The number of hydrogen-bond donors (Lipinski definition) is 2. The Labute approximate surface area is 193 Å². The lowest BCUT2D eigenvalue weighted by molar-refractivity contribution is -0.142. The van der Waals surface area contributed by atoms with Gasteiger partial charge in [-0.3, -0.25) is 19.1 Å². The summed E-state index contributed by atoms with van der Waals surface area (Å²) in [4.78, 5) is 57.1. The number of aromatic nitrogens is 3. The molecule has 3 rings (SSSR count). The largest absolute Gasteiger partial charge is 0.452 e. The monoisotopic (exact) mass is 469 g/mol. The van der Waals surface area contributed by atoms with Crippen LogP contribution in [0.5, 0.6) is 0 Å². The number of amides is 1. The maximum atomic E-state index is 12.8. The minimum absolute atomic E-state index is 0.111. The minimum atomic E-state index is -0.793. The van der Waals surface area contributed by atoms with Gasteiger partial charge in [-0.15, -0.1) is 11.3 Å². The van der Waals surface area contributed by atoms with Gasteiger partial charge in [-0.2, -0.15) is 0 Å². The third kappa shape index (κ3) is 6.04. The average Bonchev–Trinajstić information content (AvgIpc) is 3.32. The molecule has 2 aromatic heterocycles. The molecule has 0 saturated carbocycles. The molecule has 0 aliphatic rings. The van der Waals surface area contributed by atoms with Crippen LogP contribution in [0.25, 0.3) is 6.08 Å². The second-order valence-electron chi connectivity index (χ2n) is 6.92. The molecule has 11 heteroatoms. The van der Waals surface area contributed by atoms with E-state index in [-0.39, 0.29) is 24.6 Å². The van der Waals surface area contributed by atoms with Crippen molar-refractivity contribution in [1.29, 1.82) is 0 Å². The highest BCUT2D eigenvalue weighted by atomic mass is 32.1. The third-order valence-electron chi connectivity index (χ3n) is 4.57. The van der Waals surface area contributed by atoms with Gasteiger partial charge in [0.15, 0.2) is 12.3 Å². The van der Waals surface area contributed by atoms with Gasteiger partial charge in [0.1, 0.15) is 10.8 Å². The summed E-state index contributed by atoms with van der Waals surface area (Å²) in [5.74, 6) is -1.52. The van der Waals surface area contributed by atoms with Crippen molar-refractivity contribution in [3.63, 3.8) is 0 Å². The Morgan fingerprint density at radius 2 is 2.03 bits per heavy atom. The van der Waals surface area contributed by atoms with Gasteiger partial charge in [0.05, 0.1) is 6.54 Å². The molecule has 0 bridgehead atoms. The molecule has 0 atom stereocenters. The quantitative estimate of drug-likeness (QED) is 0.358. The van der Waals surface area contributed by atoms with E-state index in [9.17, 15) is 19.2 Å². The zero-order valence-corrected chi connectivity index (χ0v) is 18.7. The smallest absolute Gasteiger partial charge is 0.331 e.